The number of aromatic nitrogens is 5. The molecule has 0 bridgehead atoms. The maximum atomic E-state index is 4.61. The molecule has 0 radical (unpaired) electrons. The van der Waals surface area contributed by atoms with Crippen LogP contribution in [0.15, 0.2) is 37.1 Å². The van der Waals surface area contributed by atoms with Crippen LogP contribution in [0.25, 0.3) is 16.8 Å². The minimum absolute atomic E-state index is 0.319. The number of rotatable bonds is 2. The molecule has 5 heteroatoms. The summed E-state index contributed by atoms with van der Waals surface area (Å²) in [5.74, 6) is 0. The average Bonchev–Trinajstić information content (AvgIpc) is 3.15. The van der Waals surface area contributed by atoms with Crippen LogP contribution in [0, 0.1) is 5.41 Å². The Morgan fingerprint density at radius 2 is 2.14 bits per heavy atom. The van der Waals surface area contributed by atoms with Crippen molar-refractivity contribution in [3.63, 3.8) is 0 Å². The molecule has 0 aromatic carbocycles. The molecule has 1 aliphatic carbocycles. The number of fused-ring (bicyclic) bond motifs is 1. The van der Waals surface area contributed by atoms with Gasteiger partial charge in [0.25, 0.3) is 0 Å². The van der Waals surface area contributed by atoms with Crippen molar-refractivity contribution in [1.29, 1.82) is 0 Å². The van der Waals surface area contributed by atoms with Gasteiger partial charge in [-0.05, 0) is 24.3 Å². The molecule has 0 aliphatic heterocycles. The van der Waals surface area contributed by atoms with E-state index in [0.717, 1.165) is 16.8 Å². The smallest absolute Gasteiger partial charge is 0.0991 e. The second-order valence-electron chi connectivity index (χ2n) is 6.54. The lowest BCUT2D eigenvalue weighted by Gasteiger charge is -2.27. The highest BCUT2D eigenvalue weighted by Gasteiger charge is 2.36. The van der Waals surface area contributed by atoms with E-state index in [-0.39, 0.29) is 0 Å². The van der Waals surface area contributed by atoms with Gasteiger partial charge < -0.3 is 0 Å². The van der Waals surface area contributed by atoms with Crippen LogP contribution in [0.1, 0.15) is 39.2 Å². The fourth-order valence-corrected chi connectivity index (χ4v) is 3.51. The zero-order chi connectivity index (χ0) is 14.4. The van der Waals surface area contributed by atoms with Gasteiger partial charge in [0.2, 0.25) is 0 Å². The fraction of sp³-hybridized carbons (Fsp3) is 0.438. The van der Waals surface area contributed by atoms with Crippen LogP contribution in [0.4, 0.5) is 0 Å². The molecule has 3 aromatic rings. The van der Waals surface area contributed by atoms with Crippen LogP contribution in [0.3, 0.4) is 0 Å². The molecule has 1 aliphatic rings. The van der Waals surface area contributed by atoms with Crippen LogP contribution in [-0.2, 0) is 0 Å². The van der Waals surface area contributed by atoms with Crippen molar-refractivity contribution < 1.29 is 0 Å². The first kappa shape index (κ1) is 12.6. The second kappa shape index (κ2) is 4.41. The van der Waals surface area contributed by atoms with Crippen molar-refractivity contribution in [3.05, 3.63) is 37.1 Å². The van der Waals surface area contributed by atoms with Gasteiger partial charge in [-0.25, -0.2) is 4.52 Å². The summed E-state index contributed by atoms with van der Waals surface area (Å²) in [7, 11) is 0. The first-order valence-electron chi connectivity index (χ1n) is 7.48. The Kier molecular flexibility index (Phi) is 2.64. The van der Waals surface area contributed by atoms with E-state index < -0.39 is 0 Å². The average molecular weight is 281 g/mol. The van der Waals surface area contributed by atoms with Crippen LogP contribution < -0.4 is 0 Å². The highest BCUT2D eigenvalue weighted by molar-refractivity contribution is 5.75. The van der Waals surface area contributed by atoms with Gasteiger partial charge in [-0.15, -0.1) is 0 Å². The van der Waals surface area contributed by atoms with Gasteiger partial charge in [0.15, 0.2) is 0 Å². The summed E-state index contributed by atoms with van der Waals surface area (Å²) in [6, 6.07) is 2.47. The van der Waals surface area contributed by atoms with Crippen LogP contribution in [-0.4, -0.2) is 24.4 Å². The summed E-state index contributed by atoms with van der Waals surface area (Å²) < 4.78 is 3.98. The molecule has 4 rings (SSSR count). The van der Waals surface area contributed by atoms with E-state index in [1.165, 1.54) is 19.3 Å². The highest BCUT2D eigenvalue weighted by Crippen LogP contribution is 2.45. The number of hydrogen-bond acceptors (Lipinski definition) is 3. The van der Waals surface area contributed by atoms with E-state index in [1.807, 2.05) is 23.0 Å². The molecule has 0 saturated heterocycles. The Morgan fingerprint density at radius 1 is 1.24 bits per heavy atom. The summed E-state index contributed by atoms with van der Waals surface area (Å²) in [6.07, 6.45) is 13.3. The molecule has 0 unspecified atom stereocenters. The minimum atomic E-state index is 0.319. The van der Waals surface area contributed by atoms with Crippen molar-refractivity contribution in [2.24, 2.45) is 5.41 Å². The Bertz CT molecular complexity index is 783. The Hall–Kier alpha value is -2.17. The van der Waals surface area contributed by atoms with Crippen LogP contribution >= 0.6 is 0 Å². The first-order chi connectivity index (χ1) is 10.1. The normalized spacial score (nSPS) is 21.1. The van der Waals surface area contributed by atoms with Crippen LogP contribution in [0.5, 0.6) is 0 Å². The van der Waals surface area contributed by atoms with Gasteiger partial charge >= 0.3 is 0 Å². The molecule has 5 nitrogen and oxygen atoms in total. The molecular formula is C16H19N5. The Balaban J connectivity index is 1.76. The summed E-state index contributed by atoms with van der Waals surface area (Å²) in [4.78, 5) is 4.51. The molecule has 3 heterocycles. The monoisotopic (exact) mass is 281 g/mol. The van der Waals surface area contributed by atoms with E-state index in [2.05, 4.69) is 39.9 Å². The summed E-state index contributed by atoms with van der Waals surface area (Å²) in [5, 5.41) is 8.87. The topological polar surface area (TPSA) is 48.0 Å². The first-order valence-corrected chi connectivity index (χ1v) is 7.48. The van der Waals surface area contributed by atoms with Gasteiger partial charge in [0, 0.05) is 24.2 Å². The predicted octanol–water partition coefficient (Wildman–Crippen LogP) is 3.34. The Labute approximate surface area is 123 Å². The molecule has 1 atom stereocenters. The zero-order valence-electron chi connectivity index (χ0n) is 12.4. The maximum absolute atomic E-state index is 4.61. The minimum Gasteiger partial charge on any atom is -0.268 e. The lowest BCUT2D eigenvalue weighted by molar-refractivity contribution is 0.243. The van der Waals surface area contributed by atoms with E-state index >= 15 is 0 Å². The fourth-order valence-electron chi connectivity index (χ4n) is 3.51. The van der Waals surface area contributed by atoms with Crippen molar-refractivity contribution in [2.45, 2.75) is 39.2 Å². The van der Waals surface area contributed by atoms with Gasteiger partial charge in [-0.2, -0.15) is 10.2 Å². The summed E-state index contributed by atoms with van der Waals surface area (Å²) in [5.41, 5.74) is 3.34. The van der Waals surface area contributed by atoms with Gasteiger partial charge in [0.1, 0.15) is 0 Å². The standard InChI is InChI=1S/C16H19N5/c1-16(2)6-3-4-14(16)21-11-12(10-19-21)15-13-5-7-18-20(13)9-8-17-15/h5,7-11,14H,3-4,6H2,1-2H3/t14-/m0/s1. The van der Waals surface area contributed by atoms with Gasteiger partial charge in [-0.1, -0.05) is 20.3 Å². The third-order valence-corrected chi connectivity index (χ3v) is 4.72. The predicted molar refractivity (Wildman–Crippen MR) is 80.9 cm³/mol. The molecule has 108 valence electrons. The van der Waals surface area contributed by atoms with Gasteiger partial charge in [0.05, 0.1) is 29.6 Å². The maximum Gasteiger partial charge on any atom is 0.0991 e. The van der Waals surface area contributed by atoms with E-state index in [0.29, 0.717) is 11.5 Å². The molecule has 1 fully saturated rings. The third kappa shape index (κ3) is 1.95. The molecule has 0 amide bonds. The van der Waals surface area contributed by atoms with Crippen molar-refractivity contribution in [3.8, 4) is 11.3 Å². The van der Waals surface area contributed by atoms with Crippen molar-refractivity contribution in [2.75, 3.05) is 0 Å². The highest BCUT2D eigenvalue weighted by atomic mass is 15.3. The summed E-state index contributed by atoms with van der Waals surface area (Å²) >= 11 is 0. The Morgan fingerprint density at radius 3 is 2.95 bits per heavy atom. The van der Waals surface area contributed by atoms with Crippen molar-refractivity contribution >= 4 is 5.52 Å². The number of nitrogens with zero attached hydrogens (tertiary/aromatic N) is 5. The summed E-state index contributed by atoms with van der Waals surface area (Å²) in [6.45, 7) is 4.67. The van der Waals surface area contributed by atoms with E-state index in [4.69, 9.17) is 0 Å². The molecule has 1 saturated carbocycles. The second-order valence-corrected chi connectivity index (χ2v) is 6.54. The number of hydrogen-bond donors (Lipinski definition) is 0. The zero-order valence-corrected chi connectivity index (χ0v) is 12.4. The lowest BCUT2D eigenvalue weighted by Crippen LogP contribution is -2.21. The molecule has 21 heavy (non-hydrogen) atoms. The quantitative estimate of drug-likeness (QED) is 0.723. The largest absolute Gasteiger partial charge is 0.268 e. The van der Waals surface area contributed by atoms with Crippen LogP contribution in [0.2, 0.25) is 0 Å². The third-order valence-electron chi connectivity index (χ3n) is 4.72. The lowest BCUT2D eigenvalue weighted by atomic mass is 9.87. The van der Waals surface area contributed by atoms with E-state index in [1.54, 1.807) is 12.4 Å². The molecule has 0 N–H and O–H groups in total. The van der Waals surface area contributed by atoms with Gasteiger partial charge in [-0.3, -0.25) is 9.67 Å². The van der Waals surface area contributed by atoms with E-state index in [9.17, 15) is 0 Å². The van der Waals surface area contributed by atoms with Crippen molar-refractivity contribution in [1.82, 2.24) is 24.4 Å². The molecule has 3 aromatic heterocycles. The molecular weight excluding hydrogens is 262 g/mol. The SMILES string of the molecule is CC1(C)CCC[C@@H]1n1cc(-c2nccn3nccc23)cn1. The molecule has 0 spiro atoms.